The van der Waals surface area contributed by atoms with E-state index in [1.165, 1.54) is 0 Å². The van der Waals surface area contributed by atoms with Crippen molar-refractivity contribution in [1.29, 1.82) is 0 Å². The first-order chi connectivity index (χ1) is 8.75. The highest BCUT2D eigenvalue weighted by molar-refractivity contribution is 9.10. The molecule has 0 fully saturated rings. The fourth-order valence-electron chi connectivity index (χ4n) is 1.31. The lowest BCUT2D eigenvalue weighted by Crippen LogP contribution is -2.22. The lowest BCUT2D eigenvalue weighted by molar-refractivity contribution is 0.0229. The number of rotatable bonds is 9. The van der Waals surface area contributed by atoms with Crippen LogP contribution in [-0.2, 0) is 20.8 Å². The second-order valence-electron chi connectivity index (χ2n) is 3.57. The molecule has 18 heavy (non-hydrogen) atoms. The van der Waals surface area contributed by atoms with E-state index >= 15 is 0 Å². The molecule has 0 spiro atoms. The van der Waals surface area contributed by atoms with Crippen molar-refractivity contribution in [3.63, 3.8) is 0 Å². The Morgan fingerprint density at radius 1 is 1.17 bits per heavy atom. The van der Waals surface area contributed by atoms with Gasteiger partial charge in [-0.2, -0.15) is 0 Å². The smallest absolute Gasteiger partial charge is 0.264 e. The number of hydrogen-bond donors (Lipinski definition) is 0. The van der Waals surface area contributed by atoms with Gasteiger partial charge in [-0.1, -0.05) is 0 Å². The van der Waals surface area contributed by atoms with E-state index in [0.29, 0.717) is 44.1 Å². The van der Waals surface area contributed by atoms with Gasteiger partial charge in [0.25, 0.3) is 5.56 Å². The number of halogens is 1. The largest absolute Gasteiger partial charge is 0.382 e. The summed E-state index contributed by atoms with van der Waals surface area (Å²) in [5, 5.41) is 0. The summed E-state index contributed by atoms with van der Waals surface area (Å²) >= 11 is 3.20. The van der Waals surface area contributed by atoms with E-state index in [0.717, 1.165) is 0 Å². The van der Waals surface area contributed by atoms with E-state index in [4.69, 9.17) is 14.2 Å². The maximum absolute atomic E-state index is 11.6. The summed E-state index contributed by atoms with van der Waals surface area (Å²) in [5.41, 5.74) is -0.0440. The standard InChI is InChI=1S/C12H18BrNO4/c1-16-7-8-18-10-9-17-6-5-14-4-2-3-11(13)12(14)15/h2-4H,5-10H2,1H3. The summed E-state index contributed by atoms with van der Waals surface area (Å²) in [4.78, 5) is 11.6. The average Bonchev–Trinajstić information content (AvgIpc) is 2.37. The summed E-state index contributed by atoms with van der Waals surface area (Å²) < 4.78 is 17.6. The van der Waals surface area contributed by atoms with Crippen LogP contribution in [0.4, 0.5) is 0 Å². The minimum absolute atomic E-state index is 0.0440. The molecule has 1 heterocycles. The van der Waals surface area contributed by atoms with Crippen LogP contribution >= 0.6 is 15.9 Å². The number of ether oxygens (including phenoxy) is 3. The molecule has 0 amide bonds. The van der Waals surface area contributed by atoms with Crippen molar-refractivity contribution in [3.05, 3.63) is 33.2 Å². The first-order valence-electron chi connectivity index (χ1n) is 5.75. The van der Waals surface area contributed by atoms with E-state index in [1.54, 1.807) is 23.9 Å². The van der Waals surface area contributed by atoms with E-state index in [9.17, 15) is 4.79 Å². The normalized spacial score (nSPS) is 10.8. The van der Waals surface area contributed by atoms with Crippen molar-refractivity contribution in [2.24, 2.45) is 0 Å². The van der Waals surface area contributed by atoms with Crippen molar-refractivity contribution in [3.8, 4) is 0 Å². The second kappa shape index (κ2) is 9.27. The molecule has 0 saturated heterocycles. The SMILES string of the molecule is COCCOCCOCCn1cccc(Br)c1=O. The summed E-state index contributed by atoms with van der Waals surface area (Å²) in [6.45, 7) is 3.25. The molecular weight excluding hydrogens is 302 g/mol. The van der Waals surface area contributed by atoms with Crippen LogP contribution in [0, 0.1) is 0 Å². The van der Waals surface area contributed by atoms with Crippen LogP contribution in [0.2, 0.25) is 0 Å². The van der Waals surface area contributed by atoms with Gasteiger partial charge < -0.3 is 18.8 Å². The molecular formula is C12H18BrNO4. The molecule has 1 rings (SSSR count). The molecule has 0 aliphatic heterocycles. The van der Waals surface area contributed by atoms with Gasteiger partial charge >= 0.3 is 0 Å². The minimum atomic E-state index is -0.0440. The Labute approximate surface area is 115 Å². The van der Waals surface area contributed by atoms with Crippen molar-refractivity contribution >= 4 is 15.9 Å². The maximum Gasteiger partial charge on any atom is 0.264 e. The molecule has 0 saturated carbocycles. The van der Waals surface area contributed by atoms with Crippen LogP contribution in [0.15, 0.2) is 27.6 Å². The molecule has 0 aliphatic carbocycles. The third-order valence-corrected chi connectivity index (χ3v) is 2.86. The number of pyridine rings is 1. The van der Waals surface area contributed by atoms with Crippen LogP contribution in [-0.4, -0.2) is 44.7 Å². The van der Waals surface area contributed by atoms with Crippen molar-refractivity contribution in [1.82, 2.24) is 4.57 Å². The number of methoxy groups -OCH3 is 1. The molecule has 0 aromatic carbocycles. The highest BCUT2D eigenvalue weighted by Gasteiger charge is 1.99. The Bertz CT molecular complexity index is 394. The summed E-state index contributed by atoms with van der Waals surface area (Å²) in [5.74, 6) is 0. The van der Waals surface area contributed by atoms with E-state index in [1.807, 2.05) is 6.07 Å². The van der Waals surface area contributed by atoms with Crippen LogP contribution in [0.1, 0.15) is 0 Å². The highest BCUT2D eigenvalue weighted by Crippen LogP contribution is 2.00. The highest BCUT2D eigenvalue weighted by atomic mass is 79.9. The second-order valence-corrected chi connectivity index (χ2v) is 4.43. The van der Waals surface area contributed by atoms with Gasteiger partial charge in [0.2, 0.25) is 0 Å². The van der Waals surface area contributed by atoms with Gasteiger partial charge in [-0.15, -0.1) is 0 Å². The molecule has 1 aromatic rings. The van der Waals surface area contributed by atoms with E-state index < -0.39 is 0 Å². The Kier molecular flexibility index (Phi) is 7.91. The van der Waals surface area contributed by atoms with Gasteiger partial charge in [-0.3, -0.25) is 4.79 Å². The molecule has 0 unspecified atom stereocenters. The molecule has 6 heteroatoms. The van der Waals surface area contributed by atoms with Gasteiger partial charge in [0.15, 0.2) is 0 Å². The molecule has 0 aliphatic rings. The molecule has 102 valence electrons. The predicted octanol–water partition coefficient (Wildman–Crippen LogP) is 1.29. The van der Waals surface area contributed by atoms with Gasteiger partial charge in [0.1, 0.15) is 0 Å². The summed E-state index contributed by atoms with van der Waals surface area (Å²) in [6.07, 6.45) is 1.74. The van der Waals surface area contributed by atoms with Crippen LogP contribution in [0.5, 0.6) is 0 Å². The Morgan fingerprint density at radius 2 is 1.83 bits per heavy atom. The van der Waals surface area contributed by atoms with Crippen molar-refractivity contribution < 1.29 is 14.2 Å². The third-order valence-electron chi connectivity index (χ3n) is 2.25. The number of nitrogens with zero attached hydrogens (tertiary/aromatic N) is 1. The monoisotopic (exact) mass is 319 g/mol. The Hall–Kier alpha value is -0.690. The summed E-state index contributed by atoms with van der Waals surface area (Å²) in [7, 11) is 1.63. The molecule has 0 N–H and O–H groups in total. The minimum Gasteiger partial charge on any atom is -0.382 e. The topological polar surface area (TPSA) is 49.7 Å². The Morgan fingerprint density at radius 3 is 2.56 bits per heavy atom. The molecule has 0 bridgehead atoms. The van der Waals surface area contributed by atoms with Crippen molar-refractivity contribution in [2.75, 3.05) is 40.1 Å². The molecule has 1 aromatic heterocycles. The summed E-state index contributed by atoms with van der Waals surface area (Å²) in [6, 6.07) is 3.54. The predicted molar refractivity (Wildman–Crippen MR) is 71.9 cm³/mol. The lowest BCUT2D eigenvalue weighted by Gasteiger charge is -2.07. The number of aromatic nitrogens is 1. The molecule has 0 radical (unpaired) electrons. The maximum atomic E-state index is 11.6. The quantitative estimate of drug-likeness (QED) is 0.644. The number of hydrogen-bond acceptors (Lipinski definition) is 4. The fourth-order valence-corrected chi connectivity index (χ4v) is 1.69. The average molecular weight is 320 g/mol. The zero-order chi connectivity index (χ0) is 13.2. The third kappa shape index (κ3) is 5.77. The van der Waals surface area contributed by atoms with E-state index in [-0.39, 0.29) is 5.56 Å². The Balaban J connectivity index is 2.11. The van der Waals surface area contributed by atoms with Crippen LogP contribution in [0.3, 0.4) is 0 Å². The first kappa shape index (κ1) is 15.4. The van der Waals surface area contributed by atoms with Gasteiger partial charge in [0, 0.05) is 19.9 Å². The van der Waals surface area contributed by atoms with Gasteiger partial charge in [-0.05, 0) is 28.1 Å². The zero-order valence-corrected chi connectivity index (χ0v) is 12.0. The van der Waals surface area contributed by atoms with Gasteiger partial charge in [0.05, 0.1) is 37.5 Å². The zero-order valence-electron chi connectivity index (χ0n) is 10.4. The lowest BCUT2D eigenvalue weighted by atomic mass is 10.4. The first-order valence-corrected chi connectivity index (χ1v) is 6.54. The van der Waals surface area contributed by atoms with Gasteiger partial charge in [-0.25, -0.2) is 0 Å². The molecule has 0 atom stereocenters. The van der Waals surface area contributed by atoms with Crippen LogP contribution in [0.25, 0.3) is 0 Å². The van der Waals surface area contributed by atoms with Crippen LogP contribution < -0.4 is 5.56 Å². The fraction of sp³-hybridized carbons (Fsp3) is 0.583. The molecule has 5 nitrogen and oxygen atoms in total. The van der Waals surface area contributed by atoms with Crippen molar-refractivity contribution in [2.45, 2.75) is 6.54 Å². The van der Waals surface area contributed by atoms with E-state index in [2.05, 4.69) is 15.9 Å².